The molecule has 0 aliphatic rings. The molecule has 3 rings (SSSR count). The van der Waals surface area contributed by atoms with E-state index in [4.69, 9.17) is 4.52 Å². The van der Waals surface area contributed by atoms with E-state index in [0.29, 0.717) is 11.7 Å². The first-order chi connectivity index (χ1) is 10.2. The summed E-state index contributed by atoms with van der Waals surface area (Å²) >= 11 is 0. The Morgan fingerprint density at radius 3 is 2.62 bits per heavy atom. The minimum atomic E-state index is -0.500. The number of aromatic nitrogens is 2. The van der Waals surface area contributed by atoms with Crippen LogP contribution in [0.25, 0.3) is 22.2 Å². The van der Waals surface area contributed by atoms with E-state index < -0.39 is 6.10 Å². The third-order valence-corrected chi connectivity index (χ3v) is 3.79. The van der Waals surface area contributed by atoms with Crippen molar-refractivity contribution in [1.82, 2.24) is 10.1 Å². The van der Waals surface area contributed by atoms with Crippen molar-refractivity contribution in [3.63, 3.8) is 0 Å². The molecule has 4 heteroatoms. The molecule has 0 fully saturated rings. The van der Waals surface area contributed by atoms with Crippen LogP contribution in [0, 0.1) is 0 Å². The number of benzene rings is 2. The number of aliphatic hydroxyl groups is 1. The maximum Gasteiger partial charge on any atom is 0.232 e. The first kappa shape index (κ1) is 13.8. The van der Waals surface area contributed by atoms with Crippen LogP contribution >= 0.6 is 0 Å². The Morgan fingerprint density at radius 2 is 1.90 bits per heavy atom. The van der Waals surface area contributed by atoms with Gasteiger partial charge in [0.15, 0.2) is 0 Å². The molecule has 0 aliphatic carbocycles. The molecule has 0 amide bonds. The summed E-state index contributed by atoms with van der Waals surface area (Å²) in [7, 11) is 0. The van der Waals surface area contributed by atoms with Crippen molar-refractivity contribution in [3.8, 4) is 11.4 Å². The van der Waals surface area contributed by atoms with Gasteiger partial charge in [0.25, 0.3) is 0 Å². The van der Waals surface area contributed by atoms with Crippen LogP contribution in [-0.2, 0) is 0 Å². The van der Waals surface area contributed by atoms with Gasteiger partial charge in [-0.15, -0.1) is 0 Å². The maximum absolute atomic E-state index is 9.76. The lowest BCUT2D eigenvalue weighted by Gasteiger charge is -2.12. The molecule has 2 atom stereocenters. The molecular formula is C17H18N2O2. The zero-order chi connectivity index (χ0) is 14.8. The molecule has 21 heavy (non-hydrogen) atoms. The molecule has 4 nitrogen and oxygen atoms in total. The second-order valence-electron chi connectivity index (χ2n) is 5.27. The van der Waals surface area contributed by atoms with Crippen LogP contribution in [0.3, 0.4) is 0 Å². The van der Waals surface area contributed by atoms with Gasteiger partial charge in [-0.05, 0) is 30.2 Å². The number of nitrogens with zero attached hydrogens (tertiary/aromatic N) is 2. The Kier molecular flexibility index (Phi) is 3.71. The van der Waals surface area contributed by atoms with Gasteiger partial charge < -0.3 is 9.63 Å². The SMILES string of the molecule is CCC(c1nc(-c2ccc3ccccc3c2)no1)C(C)O. The van der Waals surface area contributed by atoms with E-state index in [1.165, 1.54) is 5.39 Å². The van der Waals surface area contributed by atoms with E-state index >= 15 is 0 Å². The van der Waals surface area contributed by atoms with Gasteiger partial charge >= 0.3 is 0 Å². The summed E-state index contributed by atoms with van der Waals surface area (Å²) in [6.07, 6.45) is 0.261. The smallest absolute Gasteiger partial charge is 0.232 e. The largest absolute Gasteiger partial charge is 0.393 e. The Balaban J connectivity index is 1.97. The summed E-state index contributed by atoms with van der Waals surface area (Å²) in [6, 6.07) is 14.2. The van der Waals surface area contributed by atoms with Crippen LogP contribution in [-0.4, -0.2) is 21.4 Å². The highest BCUT2D eigenvalue weighted by molar-refractivity contribution is 5.86. The second kappa shape index (κ2) is 5.66. The van der Waals surface area contributed by atoms with Crippen LogP contribution in [0.2, 0.25) is 0 Å². The number of hydrogen-bond acceptors (Lipinski definition) is 4. The van der Waals surface area contributed by atoms with Gasteiger partial charge in [-0.1, -0.05) is 48.5 Å². The predicted octanol–water partition coefficient (Wildman–Crippen LogP) is 3.76. The standard InChI is InChI=1S/C17H18N2O2/c1-3-15(11(2)20)17-18-16(19-21-17)14-9-8-12-6-4-5-7-13(12)10-14/h4-11,15,20H,3H2,1-2H3. The topological polar surface area (TPSA) is 59.2 Å². The number of rotatable bonds is 4. The molecule has 108 valence electrons. The summed E-state index contributed by atoms with van der Waals surface area (Å²) in [5.41, 5.74) is 0.921. The molecule has 2 unspecified atom stereocenters. The first-order valence-corrected chi connectivity index (χ1v) is 7.20. The third-order valence-electron chi connectivity index (χ3n) is 3.79. The fourth-order valence-corrected chi connectivity index (χ4v) is 2.55. The normalized spacial score (nSPS) is 14.2. The fourth-order valence-electron chi connectivity index (χ4n) is 2.55. The Morgan fingerprint density at radius 1 is 1.14 bits per heavy atom. The van der Waals surface area contributed by atoms with E-state index in [9.17, 15) is 5.11 Å². The molecule has 1 heterocycles. The zero-order valence-corrected chi connectivity index (χ0v) is 12.2. The molecule has 0 saturated heterocycles. The number of aliphatic hydroxyl groups excluding tert-OH is 1. The summed E-state index contributed by atoms with van der Waals surface area (Å²) in [4.78, 5) is 4.44. The minimum absolute atomic E-state index is 0.119. The lowest BCUT2D eigenvalue weighted by atomic mass is 10.0. The van der Waals surface area contributed by atoms with Gasteiger partial charge in [0.05, 0.1) is 12.0 Å². The van der Waals surface area contributed by atoms with Crippen molar-refractivity contribution < 1.29 is 9.63 Å². The molecule has 0 radical (unpaired) electrons. The zero-order valence-electron chi connectivity index (χ0n) is 12.2. The third kappa shape index (κ3) is 2.67. The summed E-state index contributed by atoms with van der Waals surface area (Å²) < 4.78 is 5.32. The summed E-state index contributed by atoms with van der Waals surface area (Å²) in [5.74, 6) is 0.942. The molecule has 0 aliphatic heterocycles. The Labute approximate surface area is 123 Å². The van der Waals surface area contributed by atoms with Gasteiger partial charge in [-0.25, -0.2) is 0 Å². The number of fused-ring (bicyclic) bond motifs is 1. The van der Waals surface area contributed by atoms with Crippen LogP contribution in [0.4, 0.5) is 0 Å². The van der Waals surface area contributed by atoms with Crippen LogP contribution in [0.15, 0.2) is 47.0 Å². The van der Waals surface area contributed by atoms with Crippen molar-refractivity contribution >= 4 is 10.8 Å². The van der Waals surface area contributed by atoms with E-state index in [-0.39, 0.29) is 5.92 Å². The molecule has 1 aromatic heterocycles. The fraction of sp³-hybridized carbons (Fsp3) is 0.294. The van der Waals surface area contributed by atoms with Crippen molar-refractivity contribution in [3.05, 3.63) is 48.4 Å². The lowest BCUT2D eigenvalue weighted by molar-refractivity contribution is 0.141. The average molecular weight is 282 g/mol. The predicted molar refractivity (Wildman–Crippen MR) is 82.0 cm³/mol. The van der Waals surface area contributed by atoms with Gasteiger partial charge in [0.1, 0.15) is 0 Å². The summed E-state index contributed by atoms with van der Waals surface area (Å²) in [5, 5.41) is 16.1. The maximum atomic E-state index is 9.76. The molecule has 2 aromatic carbocycles. The molecule has 0 spiro atoms. The first-order valence-electron chi connectivity index (χ1n) is 7.20. The quantitative estimate of drug-likeness (QED) is 0.791. The van der Waals surface area contributed by atoms with Gasteiger partial charge in [0.2, 0.25) is 11.7 Å². The highest BCUT2D eigenvalue weighted by atomic mass is 16.5. The van der Waals surface area contributed by atoms with Crippen molar-refractivity contribution in [1.29, 1.82) is 0 Å². The van der Waals surface area contributed by atoms with E-state index in [2.05, 4.69) is 22.3 Å². The molecule has 0 bridgehead atoms. The van der Waals surface area contributed by atoms with E-state index in [0.717, 1.165) is 17.4 Å². The molecular weight excluding hydrogens is 264 g/mol. The monoisotopic (exact) mass is 282 g/mol. The van der Waals surface area contributed by atoms with Crippen LogP contribution < -0.4 is 0 Å². The van der Waals surface area contributed by atoms with E-state index in [1.807, 2.05) is 37.3 Å². The lowest BCUT2D eigenvalue weighted by Crippen LogP contribution is -2.13. The van der Waals surface area contributed by atoms with Crippen molar-refractivity contribution in [2.75, 3.05) is 0 Å². The van der Waals surface area contributed by atoms with Gasteiger partial charge in [-0.3, -0.25) is 0 Å². The van der Waals surface area contributed by atoms with Gasteiger partial charge in [0, 0.05) is 5.56 Å². The van der Waals surface area contributed by atoms with Crippen LogP contribution in [0.1, 0.15) is 32.1 Å². The van der Waals surface area contributed by atoms with Crippen LogP contribution in [0.5, 0.6) is 0 Å². The highest BCUT2D eigenvalue weighted by Gasteiger charge is 2.22. The minimum Gasteiger partial charge on any atom is -0.393 e. The Hall–Kier alpha value is -2.20. The molecule has 0 saturated carbocycles. The van der Waals surface area contributed by atoms with E-state index in [1.54, 1.807) is 6.92 Å². The highest BCUT2D eigenvalue weighted by Crippen LogP contribution is 2.26. The van der Waals surface area contributed by atoms with Crippen molar-refractivity contribution in [2.24, 2.45) is 0 Å². The summed E-state index contributed by atoms with van der Waals surface area (Å²) in [6.45, 7) is 3.74. The average Bonchev–Trinajstić information content (AvgIpc) is 2.96. The number of hydrogen-bond donors (Lipinski definition) is 1. The molecule has 3 aromatic rings. The van der Waals surface area contributed by atoms with Gasteiger partial charge in [-0.2, -0.15) is 4.98 Å². The second-order valence-corrected chi connectivity index (χ2v) is 5.27. The van der Waals surface area contributed by atoms with Crippen molar-refractivity contribution in [2.45, 2.75) is 32.3 Å². The molecule has 1 N–H and O–H groups in total. The Bertz CT molecular complexity index is 749.